The van der Waals surface area contributed by atoms with E-state index >= 15 is 0 Å². The van der Waals surface area contributed by atoms with Crippen molar-refractivity contribution < 1.29 is 18.0 Å². The van der Waals surface area contributed by atoms with Gasteiger partial charge in [0.15, 0.2) is 6.17 Å². The SMILES string of the molecule is CC(C)c1ccc(NC(=O)N2CCCN(S(=O)(=O)Cc3ccccc3)C2C(=O)NCCN)cc1. The Morgan fingerprint density at radius 3 is 2.35 bits per heavy atom. The lowest BCUT2D eigenvalue weighted by Crippen LogP contribution is -2.64. The highest BCUT2D eigenvalue weighted by atomic mass is 32.2. The Morgan fingerprint density at radius 1 is 1.06 bits per heavy atom. The zero-order valence-electron chi connectivity index (χ0n) is 19.6. The summed E-state index contributed by atoms with van der Waals surface area (Å²) in [6, 6.07) is 15.7. The molecule has 1 fully saturated rings. The van der Waals surface area contributed by atoms with Crippen LogP contribution in [0.15, 0.2) is 54.6 Å². The Balaban J connectivity index is 1.85. The van der Waals surface area contributed by atoms with Crippen LogP contribution in [-0.2, 0) is 20.6 Å². The summed E-state index contributed by atoms with van der Waals surface area (Å²) in [5.41, 5.74) is 7.83. The Bertz CT molecular complexity index is 1070. The van der Waals surface area contributed by atoms with Gasteiger partial charge in [-0.3, -0.25) is 9.69 Å². The van der Waals surface area contributed by atoms with E-state index in [0.29, 0.717) is 23.6 Å². The predicted octanol–water partition coefficient (Wildman–Crippen LogP) is 2.28. The standard InChI is InChI=1S/C24H33N5O4S/c1-18(2)20-9-11-21(12-10-20)27-24(31)28-15-6-16-29(23(28)22(30)26-14-13-25)34(32,33)17-19-7-4-3-5-8-19/h3-5,7-12,18,23H,6,13-17,25H2,1-2H3,(H,26,30)(H,27,31). The summed E-state index contributed by atoms with van der Waals surface area (Å²) in [5.74, 6) is -0.487. The molecule has 0 radical (unpaired) electrons. The van der Waals surface area contributed by atoms with Crippen LogP contribution in [0.5, 0.6) is 0 Å². The third kappa shape index (κ3) is 6.34. The minimum absolute atomic E-state index is 0.142. The van der Waals surface area contributed by atoms with Gasteiger partial charge in [0.1, 0.15) is 0 Å². The van der Waals surface area contributed by atoms with Crippen LogP contribution in [0, 0.1) is 0 Å². The average Bonchev–Trinajstić information content (AvgIpc) is 2.82. The molecule has 1 unspecified atom stereocenters. The van der Waals surface area contributed by atoms with Gasteiger partial charge < -0.3 is 16.4 Å². The molecule has 10 heteroatoms. The van der Waals surface area contributed by atoms with Gasteiger partial charge in [0.2, 0.25) is 10.0 Å². The van der Waals surface area contributed by atoms with Crippen molar-refractivity contribution in [2.45, 2.75) is 38.1 Å². The number of amides is 3. The molecule has 0 aliphatic carbocycles. The maximum Gasteiger partial charge on any atom is 0.323 e. The van der Waals surface area contributed by atoms with Crippen LogP contribution in [0.1, 0.15) is 37.3 Å². The summed E-state index contributed by atoms with van der Waals surface area (Å²) in [7, 11) is -3.89. The number of anilines is 1. The second-order valence-corrected chi connectivity index (χ2v) is 10.5. The first-order valence-electron chi connectivity index (χ1n) is 11.4. The van der Waals surface area contributed by atoms with Crippen molar-refractivity contribution in [1.29, 1.82) is 0 Å². The molecule has 0 aromatic heterocycles. The van der Waals surface area contributed by atoms with Crippen LogP contribution in [0.3, 0.4) is 0 Å². The highest BCUT2D eigenvalue weighted by molar-refractivity contribution is 7.88. The molecule has 1 heterocycles. The highest BCUT2D eigenvalue weighted by Crippen LogP contribution is 2.23. The first kappa shape index (κ1) is 25.7. The maximum absolute atomic E-state index is 13.3. The first-order chi connectivity index (χ1) is 16.2. The van der Waals surface area contributed by atoms with Gasteiger partial charge in [0.25, 0.3) is 5.91 Å². The van der Waals surface area contributed by atoms with E-state index in [-0.39, 0.29) is 31.9 Å². The lowest BCUT2D eigenvalue weighted by molar-refractivity contribution is -0.130. The summed E-state index contributed by atoms with van der Waals surface area (Å²) in [6.07, 6.45) is -0.891. The van der Waals surface area contributed by atoms with Crippen molar-refractivity contribution in [3.63, 3.8) is 0 Å². The Morgan fingerprint density at radius 2 is 1.74 bits per heavy atom. The quantitative estimate of drug-likeness (QED) is 0.527. The van der Waals surface area contributed by atoms with Crippen LogP contribution < -0.4 is 16.4 Å². The molecule has 2 aromatic carbocycles. The molecule has 4 N–H and O–H groups in total. The fourth-order valence-corrected chi connectivity index (χ4v) is 5.57. The number of hydrogen-bond acceptors (Lipinski definition) is 5. The number of nitrogens with zero attached hydrogens (tertiary/aromatic N) is 2. The van der Waals surface area contributed by atoms with Crippen molar-refractivity contribution in [2.75, 3.05) is 31.5 Å². The molecule has 0 spiro atoms. The van der Waals surface area contributed by atoms with Crippen LogP contribution in [0.2, 0.25) is 0 Å². The molecule has 34 heavy (non-hydrogen) atoms. The zero-order chi connectivity index (χ0) is 24.7. The second-order valence-electron chi connectivity index (χ2n) is 8.56. The molecular formula is C24H33N5O4S. The van der Waals surface area contributed by atoms with Gasteiger partial charge in [0, 0.05) is 31.9 Å². The molecule has 2 aromatic rings. The van der Waals surface area contributed by atoms with Gasteiger partial charge in [-0.2, -0.15) is 4.31 Å². The molecule has 0 bridgehead atoms. The first-order valence-corrected chi connectivity index (χ1v) is 13.0. The summed E-state index contributed by atoms with van der Waals surface area (Å²) < 4.78 is 27.8. The minimum Gasteiger partial charge on any atom is -0.352 e. The van der Waals surface area contributed by atoms with Crippen molar-refractivity contribution in [2.24, 2.45) is 5.73 Å². The number of carbonyl (C=O) groups is 2. The highest BCUT2D eigenvalue weighted by Gasteiger charge is 2.43. The average molecular weight is 488 g/mol. The van der Waals surface area contributed by atoms with Gasteiger partial charge in [0.05, 0.1) is 5.75 Å². The monoisotopic (exact) mass is 487 g/mol. The number of nitrogens with two attached hydrogens (primary N) is 1. The number of nitrogens with one attached hydrogen (secondary N) is 2. The smallest absolute Gasteiger partial charge is 0.323 e. The fourth-order valence-electron chi connectivity index (χ4n) is 3.87. The van der Waals surface area contributed by atoms with Crippen molar-refractivity contribution >= 4 is 27.6 Å². The number of carbonyl (C=O) groups excluding carboxylic acids is 2. The van der Waals surface area contributed by atoms with E-state index < -0.39 is 28.1 Å². The van der Waals surface area contributed by atoms with Crippen LogP contribution in [0.25, 0.3) is 0 Å². The molecule has 1 atom stereocenters. The van der Waals surface area contributed by atoms with Crippen molar-refractivity contribution in [3.05, 3.63) is 65.7 Å². The summed E-state index contributed by atoms with van der Waals surface area (Å²) in [6.45, 7) is 4.92. The van der Waals surface area contributed by atoms with Gasteiger partial charge >= 0.3 is 6.03 Å². The van der Waals surface area contributed by atoms with Crippen LogP contribution in [-0.4, -0.2) is 61.9 Å². The van der Waals surface area contributed by atoms with E-state index in [4.69, 9.17) is 5.73 Å². The van der Waals surface area contributed by atoms with Gasteiger partial charge in [-0.1, -0.05) is 56.3 Å². The third-order valence-electron chi connectivity index (χ3n) is 5.66. The third-order valence-corrected chi connectivity index (χ3v) is 7.46. The molecule has 3 rings (SSSR count). The molecule has 1 aliphatic heterocycles. The van der Waals surface area contributed by atoms with Crippen LogP contribution in [0.4, 0.5) is 10.5 Å². The molecule has 184 valence electrons. The normalized spacial score (nSPS) is 16.9. The number of sulfonamides is 1. The Labute approximate surface area is 201 Å². The topological polar surface area (TPSA) is 125 Å². The van der Waals surface area contributed by atoms with Crippen molar-refractivity contribution in [1.82, 2.24) is 14.5 Å². The summed E-state index contributed by atoms with van der Waals surface area (Å²) in [4.78, 5) is 27.5. The number of hydrogen-bond donors (Lipinski definition) is 3. The van der Waals surface area contributed by atoms with E-state index in [9.17, 15) is 18.0 Å². The molecule has 0 saturated carbocycles. The van der Waals surface area contributed by atoms with Gasteiger partial charge in [-0.25, -0.2) is 13.2 Å². The van der Waals surface area contributed by atoms with E-state index in [1.807, 2.05) is 12.1 Å². The largest absolute Gasteiger partial charge is 0.352 e. The lowest BCUT2D eigenvalue weighted by atomic mass is 10.0. The molecule has 3 amide bonds. The van der Waals surface area contributed by atoms with E-state index in [1.165, 1.54) is 4.90 Å². The maximum atomic E-state index is 13.3. The number of urea groups is 1. The van der Waals surface area contributed by atoms with E-state index in [1.54, 1.807) is 42.5 Å². The van der Waals surface area contributed by atoms with E-state index in [0.717, 1.165) is 9.87 Å². The lowest BCUT2D eigenvalue weighted by Gasteiger charge is -2.41. The Hall–Kier alpha value is -2.95. The van der Waals surface area contributed by atoms with Crippen LogP contribution >= 0.6 is 0 Å². The van der Waals surface area contributed by atoms with Gasteiger partial charge in [-0.05, 0) is 35.6 Å². The molecular weight excluding hydrogens is 454 g/mol. The van der Waals surface area contributed by atoms with Gasteiger partial charge in [-0.15, -0.1) is 0 Å². The predicted molar refractivity (Wildman–Crippen MR) is 132 cm³/mol. The van der Waals surface area contributed by atoms with E-state index in [2.05, 4.69) is 24.5 Å². The minimum atomic E-state index is -3.89. The molecule has 1 saturated heterocycles. The second kappa shape index (κ2) is 11.5. The number of rotatable bonds is 8. The fraction of sp³-hybridized carbons (Fsp3) is 0.417. The summed E-state index contributed by atoms with van der Waals surface area (Å²) in [5, 5.41) is 5.45. The Kier molecular flexibility index (Phi) is 8.65. The summed E-state index contributed by atoms with van der Waals surface area (Å²) >= 11 is 0. The molecule has 1 aliphatic rings. The van der Waals surface area contributed by atoms with Crippen molar-refractivity contribution in [3.8, 4) is 0 Å². The number of benzene rings is 2. The zero-order valence-corrected chi connectivity index (χ0v) is 20.4. The molecule has 9 nitrogen and oxygen atoms in total.